The first-order valence-electron chi connectivity index (χ1n) is 12.7. The van der Waals surface area contributed by atoms with Gasteiger partial charge in [0.1, 0.15) is 23.0 Å². The Morgan fingerprint density at radius 1 is 1.15 bits per heavy atom. The number of aromatic nitrogens is 2. The Hall–Kier alpha value is -3.71. The maximum Gasteiger partial charge on any atom is 0.224 e. The fourth-order valence-corrected chi connectivity index (χ4v) is 4.72. The molecule has 2 aromatic carbocycles. The van der Waals surface area contributed by atoms with E-state index >= 15 is 0 Å². The van der Waals surface area contributed by atoms with Gasteiger partial charge in [0, 0.05) is 29.4 Å². The lowest BCUT2D eigenvalue weighted by atomic mass is 10.0. The standard InChI is InChI=1S/C30H30BrClN6O2/c1-18-7-10-28(31)36-26(18)17-40-27-9-8-21(13-23(27)32)35-30-20(15-33)16-34-25-12-19(2)24(14-22(25)30)37-29(39)6-5-11-38(3)4/h7-10,12-14,16H,5-6,11,17H2,1-4H3,(H,34,35)(H,37,39). The van der Waals surface area contributed by atoms with Crippen LogP contribution >= 0.6 is 27.5 Å². The molecule has 0 aliphatic rings. The molecule has 4 rings (SSSR count). The predicted molar refractivity (Wildman–Crippen MR) is 163 cm³/mol. The molecule has 0 aliphatic heterocycles. The molecule has 4 aromatic rings. The second-order valence-electron chi connectivity index (χ2n) is 9.75. The number of amides is 1. The first kappa shape index (κ1) is 29.3. The Morgan fingerprint density at radius 2 is 1.95 bits per heavy atom. The highest BCUT2D eigenvalue weighted by atomic mass is 79.9. The Balaban J connectivity index is 1.58. The van der Waals surface area contributed by atoms with Gasteiger partial charge in [-0.2, -0.15) is 5.26 Å². The first-order chi connectivity index (χ1) is 19.1. The predicted octanol–water partition coefficient (Wildman–Crippen LogP) is 7.14. The van der Waals surface area contributed by atoms with Gasteiger partial charge < -0.3 is 20.3 Å². The SMILES string of the molecule is Cc1cc2ncc(C#N)c(Nc3ccc(OCc4nc(Br)ccc4C)c(Cl)c3)c2cc1NC(=O)CCCN(C)C. The van der Waals surface area contributed by atoms with E-state index in [1.807, 2.05) is 63.2 Å². The number of nitrogens with one attached hydrogen (secondary N) is 2. The largest absolute Gasteiger partial charge is 0.486 e. The zero-order valence-electron chi connectivity index (χ0n) is 22.8. The fourth-order valence-electron chi connectivity index (χ4n) is 4.14. The van der Waals surface area contributed by atoms with E-state index in [2.05, 4.69) is 42.6 Å². The van der Waals surface area contributed by atoms with E-state index in [9.17, 15) is 10.1 Å². The minimum atomic E-state index is -0.0566. The normalized spacial score (nSPS) is 10.9. The molecule has 0 radical (unpaired) electrons. The molecule has 2 aromatic heterocycles. The summed E-state index contributed by atoms with van der Waals surface area (Å²) in [7, 11) is 3.96. The number of nitrogens with zero attached hydrogens (tertiary/aromatic N) is 4. The van der Waals surface area contributed by atoms with Crippen LogP contribution in [0.4, 0.5) is 17.1 Å². The van der Waals surface area contributed by atoms with Crippen molar-refractivity contribution in [3.63, 3.8) is 0 Å². The van der Waals surface area contributed by atoms with Crippen LogP contribution in [0.2, 0.25) is 5.02 Å². The highest BCUT2D eigenvalue weighted by molar-refractivity contribution is 9.10. The van der Waals surface area contributed by atoms with Gasteiger partial charge in [-0.3, -0.25) is 9.78 Å². The molecule has 0 fully saturated rings. The van der Waals surface area contributed by atoms with E-state index in [0.29, 0.717) is 50.7 Å². The maximum absolute atomic E-state index is 12.6. The Labute approximate surface area is 247 Å². The number of carbonyl (C=O) groups excluding carboxylic acids is 1. The summed E-state index contributed by atoms with van der Waals surface area (Å²) in [6.45, 7) is 5.00. The van der Waals surface area contributed by atoms with Crippen LogP contribution in [0.3, 0.4) is 0 Å². The molecule has 1 amide bonds. The zero-order valence-corrected chi connectivity index (χ0v) is 25.2. The van der Waals surface area contributed by atoms with Crippen molar-refractivity contribution in [3.05, 3.63) is 80.7 Å². The van der Waals surface area contributed by atoms with Crippen molar-refractivity contribution in [3.8, 4) is 11.8 Å². The van der Waals surface area contributed by atoms with Gasteiger partial charge in [0.25, 0.3) is 0 Å². The molecule has 10 heteroatoms. The van der Waals surface area contributed by atoms with Crippen LogP contribution in [0.25, 0.3) is 10.9 Å². The Morgan fingerprint density at radius 3 is 2.67 bits per heavy atom. The number of nitriles is 1. The second-order valence-corrected chi connectivity index (χ2v) is 11.0. The van der Waals surface area contributed by atoms with Crippen molar-refractivity contribution in [1.82, 2.24) is 14.9 Å². The van der Waals surface area contributed by atoms with Crippen molar-refractivity contribution >= 4 is 61.4 Å². The van der Waals surface area contributed by atoms with Crippen LogP contribution in [0.15, 0.2) is 53.3 Å². The average Bonchev–Trinajstić information content (AvgIpc) is 2.90. The lowest BCUT2D eigenvalue weighted by Crippen LogP contribution is -2.17. The molecule has 0 spiro atoms. The summed E-state index contributed by atoms with van der Waals surface area (Å²) in [4.78, 5) is 23.6. The van der Waals surface area contributed by atoms with E-state index in [0.717, 1.165) is 34.4 Å². The van der Waals surface area contributed by atoms with E-state index in [-0.39, 0.29) is 12.5 Å². The molecule has 0 aliphatic carbocycles. The Kier molecular flexibility index (Phi) is 9.58. The highest BCUT2D eigenvalue weighted by Gasteiger charge is 2.15. The molecular formula is C30H30BrClN6O2. The quantitative estimate of drug-likeness (QED) is 0.182. The fraction of sp³-hybridized carbons (Fsp3) is 0.267. The number of hydrogen-bond acceptors (Lipinski definition) is 7. The van der Waals surface area contributed by atoms with Gasteiger partial charge in [0.2, 0.25) is 5.91 Å². The summed E-state index contributed by atoms with van der Waals surface area (Å²) in [5.41, 5.74) is 5.72. The number of aryl methyl sites for hydroxylation is 2. The summed E-state index contributed by atoms with van der Waals surface area (Å²) in [5.74, 6) is 0.460. The molecular weight excluding hydrogens is 592 g/mol. The van der Waals surface area contributed by atoms with Crippen molar-refractivity contribution in [2.45, 2.75) is 33.3 Å². The second kappa shape index (κ2) is 13.1. The smallest absolute Gasteiger partial charge is 0.224 e. The Bertz CT molecular complexity index is 1600. The van der Waals surface area contributed by atoms with Crippen LogP contribution < -0.4 is 15.4 Å². The summed E-state index contributed by atoms with van der Waals surface area (Å²) in [6, 6.07) is 15.2. The van der Waals surface area contributed by atoms with E-state index < -0.39 is 0 Å². The van der Waals surface area contributed by atoms with Crippen LogP contribution in [0.1, 0.15) is 35.2 Å². The number of carbonyl (C=O) groups is 1. The molecule has 0 bridgehead atoms. The first-order valence-corrected chi connectivity index (χ1v) is 13.9. The van der Waals surface area contributed by atoms with E-state index in [4.69, 9.17) is 16.3 Å². The molecule has 0 atom stereocenters. The van der Waals surface area contributed by atoms with Crippen molar-refractivity contribution < 1.29 is 9.53 Å². The molecule has 2 N–H and O–H groups in total. The lowest BCUT2D eigenvalue weighted by Gasteiger charge is -2.16. The number of hydrogen-bond donors (Lipinski definition) is 2. The summed E-state index contributed by atoms with van der Waals surface area (Å²) in [5, 5.41) is 17.3. The summed E-state index contributed by atoms with van der Waals surface area (Å²) >= 11 is 9.96. The molecule has 0 saturated carbocycles. The van der Waals surface area contributed by atoms with Gasteiger partial charge in [0.05, 0.1) is 27.5 Å². The van der Waals surface area contributed by atoms with E-state index in [1.54, 1.807) is 12.1 Å². The number of rotatable bonds is 10. The van der Waals surface area contributed by atoms with Crippen LogP contribution in [0.5, 0.6) is 5.75 Å². The molecule has 0 unspecified atom stereocenters. The summed E-state index contributed by atoms with van der Waals surface area (Å²) in [6.07, 6.45) is 2.72. The molecule has 0 saturated heterocycles. The number of fused-ring (bicyclic) bond motifs is 1. The van der Waals surface area contributed by atoms with Gasteiger partial charge in [-0.05, 0) is 104 Å². The minimum Gasteiger partial charge on any atom is -0.486 e. The third-order valence-electron chi connectivity index (χ3n) is 6.35. The summed E-state index contributed by atoms with van der Waals surface area (Å²) < 4.78 is 6.68. The van der Waals surface area contributed by atoms with Crippen LogP contribution in [-0.4, -0.2) is 41.4 Å². The maximum atomic E-state index is 12.6. The molecule has 8 nitrogen and oxygen atoms in total. The highest BCUT2D eigenvalue weighted by Crippen LogP contribution is 2.35. The molecule has 206 valence electrons. The van der Waals surface area contributed by atoms with Crippen molar-refractivity contribution in [2.75, 3.05) is 31.3 Å². The van der Waals surface area contributed by atoms with Gasteiger partial charge >= 0.3 is 0 Å². The van der Waals surface area contributed by atoms with Crippen LogP contribution in [-0.2, 0) is 11.4 Å². The number of benzene rings is 2. The number of ether oxygens (including phenoxy) is 1. The number of halogens is 2. The average molecular weight is 622 g/mol. The van der Waals surface area contributed by atoms with Crippen LogP contribution in [0, 0.1) is 25.2 Å². The lowest BCUT2D eigenvalue weighted by molar-refractivity contribution is -0.116. The van der Waals surface area contributed by atoms with Gasteiger partial charge in [-0.25, -0.2) is 4.98 Å². The third kappa shape index (κ3) is 7.27. The van der Waals surface area contributed by atoms with Gasteiger partial charge in [-0.15, -0.1) is 0 Å². The van der Waals surface area contributed by atoms with E-state index in [1.165, 1.54) is 6.20 Å². The van der Waals surface area contributed by atoms with Crippen molar-refractivity contribution in [2.24, 2.45) is 0 Å². The minimum absolute atomic E-state index is 0.0566. The van der Waals surface area contributed by atoms with Crippen molar-refractivity contribution in [1.29, 1.82) is 5.26 Å². The zero-order chi connectivity index (χ0) is 28.8. The molecule has 2 heterocycles. The number of pyridine rings is 2. The number of anilines is 3. The van der Waals surface area contributed by atoms with Gasteiger partial charge in [0.15, 0.2) is 0 Å². The third-order valence-corrected chi connectivity index (χ3v) is 7.09. The monoisotopic (exact) mass is 620 g/mol. The molecule has 40 heavy (non-hydrogen) atoms. The topological polar surface area (TPSA) is 103 Å². The van der Waals surface area contributed by atoms with Gasteiger partial charge in [-0.1, -0.05) is 17.7 Å².